The summed E-state index contributed by atoms with van der Waals surface area (Å²) in [6, 6.07) is 10.6. The van der Waals surface area contributed by atoms with Crippen LogP contribution in [-0.4, -0.2) is 43.7 Å². The molecule has 0 aliphatic carbocycles. The number of anilines is 1. The topological polar surface area (TPSA) is 62.9 Å². The highest BCUT2D eigenvalue weighted by Gasteiger charge is 2.22. The fourth-order valence-corrected chi connectivity index (χ4v) is 3.19. The number of halogens is 3. The number of nitrogens with one attached hydrogen (secondary N) is 1. The standard InChI is InChI=1S/C19H21ClF2N4O/c20-14-3-1-2-13(10-14)18(26-6-8-27-9-7-26)12-24-19(23)25-17-11-15(21)4-5-16(17)22/h1-5,10-11,18H,6-9,12H2,(H3,23,24,25). The molecule has 1 aliphatic heterocycles. The predicted molar refractivity (Wildman–Crippen MR) is 103 cm³/mol. The Labute approximate surface area is 161 Å². The summed E-state index contributed by atoms with van der Waals surface area (Å²) in [4.78, 5) is 6.59. The highest BCUT2D eigenvalue weighted by molar-refractivity contribution is 6.30. The van der Waals surface area contributed by atoms with Crippen LogP contribution in [-0.2, 0) is 4.74 Å². The van der Waals surface area contributed by atoms with Crippen molar-refractivity contribution >= 4 is 23.2 Å². The van der Waals surface area contributed by atoms with Crippen LogP contribution in [0.2, 0.25) is 5.02 Å². The number of hydrogen-bond acceptors (Lipinski definition) is 3. The molecule has 0 amide bonds. The van der Waals surface area contributed by atoms with E-state index in [1.165, 1.54) is 0 Å². The van der Waals surface area contributed by atoms with Crippen LogP contribution in [0.5, 0.6) is 0 Å². The van der Waals surface area contributed by atoms with E-state index >= 15 is 0 Å². The van der Waals surface area contributed by atoms with E-state index in [4.69, 9.17) is 22.1 Å². The lowest BCUT2D eigenvalue weighted by molar-refractivity contribution is 0.0180. The molecule has 1 heterocycles. The van der Waals surface area contributed by atoms with Gasteiger partial charge >= 0.3 is 0 Å². The molecule has 0 radical (unpaired) electrons. The second-order valence-electron chi connectivity index (χ2n) is 6.19. The molecule has 144 valence electrons. The Morgan fingerprint density at radius 1 is 1.22 bits per heavy atom. The first kappa shape index (κ1) is 19.5. The van der Waals surface area contributed by atoms with Crippen LogP contribution in [0.25, 0.3) is 0 Å². The largest absolute Gasteiger partial charge is 0.379 e. The van der Waals surface area contributed by atoms with Gasteiger partial charge in [-0.05, 0) is 29.8 Å². The Kier molecular flexibility index (Phi) is 6.60. The average molecular weight is 395 g/mol. The molecule has 0 spiro atoms. The number of hydrogen-bond donors (Lipinski definition) is 2. The van der Waals surface area contributed by atoms with Gasteiger partial charge in [-0.15, -0.1) is 0 Å². The van der Waals surface area contributed by atoms with Crippen molar-refractivity contribution in [3.05, 3.63) is 64.7 Å². The van der Waals surface area contributed by atoms with Gasteiger partial charge in [0, 0.05) is 24.2 Å². The van der Waals surface area contributed by atoms with E-state index in [0.717, 1.165) is 36.9 Å². The third-order valence-corrected chi connectivity index (χ3v) is 4.58. The number of nitrogens with two attached hydrogens (primary N) is 1. The average Bonchev–Trinajstić information content (AvgIpc) is 2.66. The molecule has 0 aromatic heterocycles. The first-order valence-electron chi connectivity index (χ1n) is 8.62. The number of rotatable bonds is 5. The third kappa shape index (κ3) is 5.38. The number of nitrogens with zero attached hydrogens (tertiary/aromatic N) is 2. The normalized spacial score (nSPS) is 16.9. The number of guanidine groups is 1. The van der Waals surface area contributed by atoms with Crippen molar-refractivity contribution in [3.63, 3.8) is 0 Å². The van der Waals surface area contributed by atoms with Crippen molar-refractivity contribution in [2.24, 2.45) is 10.7 Å². The monoisotopic (exact) mass is 394 g/mol. The maximum Gasteiger partial charge on any atom is 0.193 e. The molecule has 1 fully saturated rings. The van der Waals surface area contributed by atoms with Gasteiger partial charge in [0.2, 0.25) is 0 Å². The molecular weight excluding hydrogens is 374 g/mol. The Bertz CT molecular complexity index is 812. The highest BCUT2D eigenvalue weighted by Crippen LogP contribution is 2.25. The Morgan fingerprint density at radius 2 is 2.00 bits per heavy atom. The van der Waals surface area contributed by atoms with E-state index in [9.17, 15) is 8.78 Å². The maximum atomic E-state index is 13.8. The van der Waals surface area contributed by atoms with Gasteiger partial charge in [-0.25, -0.2) is 8.78 Å². The molecule has 2 aromatic rings. The number of ether oxygens (including phenoxy) is 1. The van der Waals surface area contributed by atoms with Crippen molar-refractivity contribution in [2.45, 2.75) is 6.04 Å². The van der Waals surface area contributed by atoms with Crippen molar-refractivity contribution in [2.75, 3.05) is 38.2 Å². The molecule has 1 unspecified atom stereocenters. The Hall–Kier alpha value is -2.22. The molecule has 27 heavy (non-hydrogen) atoms. The SMILES string of the molecule is NC(=NCC(c1cccc(Cl)c1)N1CCOCC1)Nc1cc(F)ccc1F. The van der Waals surface area contributed by atoms with Crippen LogP contribution >= 0.6 is 11.6 Å². The van der Waals surface area contributed by atoms with Crippen molar-refractivity contribution in [1.29, 1.82) is 0 Å². The van der Waals surface area contributed by atoms with Gasteiger partial charge < -0.3 is 15.8 Å². The first-order chi connectivity index (χ1) is 13.0. The second kappa shape index (κ2) is 9.12. The van der Waals surface area contributed by atoms with E-state index in [2.05, 4.69) is 15.2 Å². The van der Waals surface area contributed by atoms with Gasteiger partial charge in [-0.1, -0.05) is 23.7 Å². The van der Waals surface area contributed by atoms with E-state index < -0.39 is 11.6 Å². The van der Waals surface area contributed by atoms with Gasteiger partial charge in [0.1, 0.15) is 11.6 Å². The van der Waals surface area contributed by atoms with Crippen LogP contribution < -0.4 is 11.1 Å². The van der Waals surface area contributed by atoms with Crippen LogP contribution in [0.4, 0.5) is 14.5 Å². The number of aliphatic imine (C=N–C) groups is 1. The zero-order valence-corrected chi connectivity index (χ0v) is 15.4. The summed E-state index contributed by atoms with van der Waals surface area (Å²) >= 11 is 6.14. The van der Waals surface area contributed by atoms with Crippen LogP contribution in [0.3, 0.4) is 0 Å². The van der Waals surface area contributed by atoms with Crippen molar-refractivity contribution < 1.29 is 13.5 Å². The van der Waals surface area contributed by atoms with E-state index in [0.29, 0.717) is 24.8 Å². The lowest BCUT2D eigenvalue weighted by atomic mass is 10.0. The summed E-state index contributed by atoms with van der Waals surface area (Å²) in [6.45, 7) is 3.15. The minimum absolute atomic E-state index is 0.0137. The molecule has 1 atom stereocenters. The summed E-state index contributed by atoms with van der Waals surface area (Å²) in [5, 5.41) is 3.26. The first-order valence-corrected chi connectivity index (χ1v) is 9.00. The van der Waals surface area contributed by atoms with Gasteiger partial charge in [0.05, 0.1) is 31.5 Å². The van der Waals surface area contributed by atoms with Gasteiger partial charge in [0.15, 0.2) is 5.96 Å². The molecule has 0 saturated carbocycles. The zero-order chi connectivity index (χ0) is 19.2. The molecule has 1 saturated heterocycles. The van der Waals surface area contributed by atoms with Crippen molar-refractivity contribution in [1.82, 2.24) is 4.90 Å². The van der Waals surface area contributed by atoms with Gasteiger partial charge in [-0.2, -0.15) is 0 Å². The molecule has 1 aliphatic rings. The summed E-state index contributed by atoms with van der Waals surface area (Å²) in [5.41, 5.74) is 6.85. The fourth-order valence-electron chi connectivity index (χ4n) is 2.99. The summed E-state index contributed by atoms with van der Waals surface area (Å²) in [7, 11) is 0. The van der Waals surface area contributed by atoms with E-state index in [1.807, 2.05) is 24.3 Å². The lowest BCUT2D eigenvalue weighted by Gasteiger charge is -2.34. The predicted octanol–water partition coefficient (Wildman–Crippen LogP) is 3.42. The molecule has 3 N–H and O–H groups in total. The maximum absolute atomic E-state index is 13.8. The molecular formula is C19H21ClF2N4O. The third-order valence-electron chi connectivity index (χ3n) is 4.35. The second-order valence-corrected chi connectivity index (χ2v) is 6.63. The van der Waals surface area contributed by atoms with Gasteiger partial charge in [-0.3, -0.25) is 9.89 Å². The number of benzene rings is 2. The minimum atomic E-state index is -0.603. The van der Waals surface area contributed by atoms with Crippen LogP contribution in [0.15, 0.2) is 47.5 Å². The molecule has 5 nitrogen and oxygen atoms in total. The highest BCUT2D eigenvalue weighted by atomic mass is 35.5. The summed E-state index contributed by atoms with van der Waals surface area (Å²) < 4.78 is 32.5. The van der Waals surface area contributed by atoms with Crippen molar-refractivity contribution in [3.8, 4) is 0 Å². The zero-order valence-electron chi connectivity index (χ0n) is 14.7. The summed E-state index contributed by atoms with van der Waals surface area (Å²) in [5.74, 6) is -1.15. The number of morpholine rings is 1. The molecule has 8 heteroatoms. The Balaban J connectivity index is 1.76. The molecule has 3 rings (SSSR count). The van der Waals surface area contributed by atoms with E-state index in [-0.39, 0.29) is 17.7 Å². The fraction of sp³-hybridized carbons (Fsp3) is 0.316. The van der Waals surface area contributed by atoms with Gasteiger partial charge in [0.25, 0.3) is 0 Å². The molecule has 2 aromatic carbocycles. The molecule has 0 bridgehead atoms. The Morgan fingerprint density at radius 3 is 2.74 bits per heavy atom. The van der Waals surface area contributed by atoms with E-state index in [1.54, 1.807) is 0 Å². The summed E-state index contributed by atoms with van der Waals surface area (Å²) in [6.07, 6.45) is 0. The van der Waals surface area contributed by atoms with Crippen LogP contribution in [0, 0.1) is 11.6 Å². The smallest absolute Gasteiger partial charge is 0.193 e. The van der Waals surface area contributed by atoms with Crippen LogP contribution in [0.1, 0.15) is 11.6 Å². The lowest BCUT2D eigenvalue weighted by Crippen LogP contribution is -2.40. The quantitative estimate of drug-likeness (QED) is 0.602. The minimum Gasteiger partial charge on any atom is -0.379 e.